The molecular weight excluding hydrogens is 142 g/mol. The van der Waals surface area contributed by atoms with E-state index in [2.05, 4.69) is 4.74 Å². The zero-order valence-corrected chi connectivity index (χ0v) is 6.54. The molecule has 11 heavy (non-hydrogen) atoms. The predicted molar refractivity (Wildman–Crippen MR) is 40.6 cm³/mol. The van der Waals surface area contributed by atoms with Crippen LogP contribution in [0.2, 0.25) is 0 Å². The number of hydrogen-bond acceptors (Lipinski definition) is 3. The number of nitriles is 1. The van der Waals surface area contributed by atoms with E-state index in [-0.39, 0.29) is 5.97 Å². The molecule has 0 heterocycles. The Balaban J connectivity index is 3.42. The minimum absolute atomic E-state index is 0.342. The normalized spacial score (nSPS) is 9.45. The Morgan fingerprint density at radius 1 is 1.73 bits per heavy atom. The van der Waals surface area contributed by atoms with Gasteiger partial charge in [-0.1, -0.05) is 6.08 Å². The molecule has 60 valence electrons. The molecule has 0 spiro atoms. The van der Waals surface area contributed by atoms with Crippen LogP contribution < -0.4 is 0 Å². The molecule has 0 bridgehead atoms. The van der Waals surface area contributed by atoms with Gasteiger partial charge in [0.15, 0.2) is 0 Å². The highest BCUT2D eigenvalue weighted by Gasteiger charge is 1.90. The first-order valence-corrected chi connectivity index (χ1v) is 3.51. The molecule has 0 saturated carbocycles. The van der Waals surface area contributed by atoms with Crippen molar-refractivity contribution in [3.8, 4) is 6.07 Å². The molecule has 0 aromatic rings. The van der Waals surface area contributed by atoms with Crippen LogP contribution in [0.3, 0.4) is 0 Å². The fourth-order valence-corrected chi connectivity index (χ4v) is 0.518. The Morgan fingerprint density at radius 2 is 2.45 bits per heavy atom. The van der Waals surface area contributed by atoms with Crippen LogP contribution in [0.4, 0.5) is 0 Å². The predicted octanol–water partition coefficient (Wildman–Crippen LogP) is 1.41. The van der Waals surface area contributed by atoms with Crippen molar-refractivity contribution in [3.05, 3.63) is 12.2 Å². The number of nitrogens with zero attached hydrogens (tertiary/aromatic N) is 1. The summed E-state index contributed by atoms with van der Waals surface area (Å²) >= 11 is 0. The second kappa shape index (κ2) is 6.81. The van der Waals surface area contributed by atoms with Crippen molar-refractivity contribution in [2.45, 2.75) is 19.8 Å². The van der Waals surface area contributed by atoms with E-state index in [1.54, 1.807) is 13.0 Å². The SMILES string of the molecule is CCOC(=O)/C=C/CCC#N. The maximum absolute atomic E-state index is 10.6. The van der Waals surface area contributed by atoms with Gasteiger partial charge in [0.25, 0.3) is 0 Å². The van der Waals surface area contributed by atoms with Crippen molar-refractivity contribution in [2.75, 3.05) is 6.61 Å². The first kappa shape index (κ1) is 9.70. The zero-order chi connectivity index (χ0) is 8.53. The van der Waals surface area contributed by atoms with Gasteiger partial charge in [0.1, 0.15) is 0 Å². The van der Waals surface area contributed by atoms with Gasteiger partial charge in [-0.05, 0) is 13.3 Å². The van der Waals surface area contributed by atoms with Gasteiger partial charge in [0.2, 0.25) is 0 Å². The summed E-state index contributed by atoms with van der Waals surface area (Å²) < 4.78 is 4.61. The molecule has 0 aliphatic heterocycles. The lowest BCUT2D eigenvalue weighted by molar-refractivity contribution is -0.137. The lowest BCUT2D eigenvalue weighted by Gasteiger charge is -1.92. The lowest BCUT2D eigenvalue weighted by atomic mass is 10.3. The first-order valence-electron chi connectivity index (χ1n) is 3.51. The zero-order valence-electron chi connectivity index (χ0n) is 6.54. The van der Waals surface area contributed by atoms with Gasteiger partial charge in [-0.15, -0.1) is 0 Å². The summed E-state index contributed by atoms with van der Waals surface area (Å²) in [5.74, 6) is -0.342. The number of rotatable bonds is 4. The molecule has 0 N–H and O–H groups in total. The maximum atomic E-state index is 10.6. The van der Waals surface area contributed by atoms with Crippen LogP contribution in [-0.2, 0) is 9.53 Å². The van der Waals surface area contributed by atoms with Gasteiger partial charge in [-0.3, -0.25) is 0 Å². The minimum Gasteiger partial charge on any atom is -0.463 e. The topological polar surface area (TPSA) is 50.1 Å². The Hall–Kier alpha value is -1.30. The molecule has 0 aliphatic rings. The van der Waals surface area contributed by atoms with E-state index in [1.165, 1.54) is 6.08 Å². The van der Waals surface area contributed by atoms with E-state index in [9.17, 15) is 4.79 Å². The van der Waals surface area contributed by atoms with E-state index in [4.69, 9.17) is 5.26 Å². The highest BCUT2D eigenvalue weighted by molar-refractivity contribution is 5.81. The molecule has 0 aromatic carbocycles. The molecule has 0 aliphatic carbocycles. The van der Waals surface area contributed by atoms with Crippen molar-refractivity contribution in [1.29, 1.82) is 5.26 Å². The highest BCUT2D eigenvalue weighted by Crippen LogP contribution is 1.89. The summed E-state index contributed by atoms with van der Waals surface area (Å²) in [6.45, 7) is 2.14. The molecule has 0 fully saturated rings. The standard InChI is InChI=1S/C8H11NO2/c1-2-11-8(10)6-4-3-5-7-9/h4,6H,2-3,5H2,1H3/b6-4+. The third-order valence-electron chi connectivity index (χ3n) is 0.963. The number of hydrogen-bond donors (Lipinski definition) is 0. The molecule has 3 nitrogen and oxygen atoms in total. The summed E-state index contributed by atoms with van der Waals surface area (Å²) in [7, 11) is 0. The third-order valence-corrected chi connectivity index (χ3v) is 0.963. The molecule has 0 saturated heterocycles. The smallest absolute Gasteiger partial charge is 0.330 e. The Kier molecular flexibility index (Phi) is 6.01. The maximum Gasteiger partial charge on any atom is 0.330 e. The van der Waals surface area contributed by atoms with Crippen LogP contribution in [0.5, 0.6) is 0 Å². The van der Waals surface area contributed by atoms with Crippen molar-refractivity contribution in [1.82, 2.24) is 0 Å². The largest absolute Gasteiger partial charge is 0.463 e. The van der Waals surface area contributed by atoms with E-state index >= 15 is 0 Å². The molecule has 0 amide bonds. The number of carbonyl (C=O) groups excluding carboxylic acids is 1. The molecule has 0 unspecified atom stereocenters. The first-order chi connectivity index (χ1) is 5.31. The average molecular weight is 153 g/mol. The van der Waals surface area contributed by atoms with Gasteiger partial charge in [0, 0.05) is 12.5 Å². The summed E-state index contributed by atoms with van der Waals surface area (Å²) in [5, 5.41) is 8.13. The van der Waals surface area contributed by atoms with Crippen LogP contribution in [-0.4, -0.2) is 12.6 Å². The molecule has 0 aromatic heterocycles. The monoisotopic (exact) mass is 153 g/mol. The summed E-state index contributed by atoms with van der Waals surface area (Å²) in [5.41, 5.74) is 0. The molecule has 0 atom stereocenters. The Labute approximate surface area is 66.3 Å². The van der Waals surface area contributed by atoms with Gasteiger partial charge in [-0.25, -0.2) is 4.79 Å². The third kappa shape index (κ3) is 6.59. The number of ether oxygens (including phenoxy) is 1. The van der Waals surface area contributed by atoms with Crippen molar-refractivity contribution in [3.63, 3.8) is 0 Å². The summed E-state index contributed by atoms with van der Waals surface area (Å²) in [6.07, 6.45) is 4.03. The Morgan fingerprint density at radius 3 is 3.00 bits per heavy atom. The summed E-state index contributed by atoms with van der Waals surface area (Å²) in [6, 6.07) is 1.97. The highest BCUT2D eigenvalue weighted by atomic mass is 16.5. The molecule has 0 radical (unpaired) electrons. The Bertz CT molecular complexity index is 179. The van der Waals surface area contributed by atoms with Gasteiger partial charge < -0.3 is 4.74 Å². The van der Waals surface area contributed by atoms with E-state index in [1.807, 2.05) is 6.07 Å². The van der Waals surface area contributed by atoms with Gasteiger partial charge in [-0.2, -0.15) is 5.26 Å². The molecule has 0 rings (SSSR count). The van der Waals surface area contributed by atoms with E-state index in [0.29, 0.717) is 19.4 Å². The fraction of sp³-hybridized carbons (Fsp3) is 0.500. The number of esters is 1. The van der Waals surface area contributed by atoms with Gasteiger partial charge in [0.05, 0.1) is 12.7 Å². The quantitative estimate of drug-likeness (QED) is 0.348. The van der Waals surface area contributed by atoms with Crippen molar-refractivity contribution in [2.24, 2.45) is 0 Å². The lowest BCUT2D eigenvalue weighted by Crippen LogP contribution is -1.98. The molecular formula is C8H11NO2. The number of unbranched alkanes of at least 4 members (excludes halogenated alkanes) is 1. The molecule has 3 heteroatoms. The van der Waals surface area contributed by atoms with Crippen molar-refractivity contribution >= 4 is 5.97 Å². The van der Waals surface area contributed by atoms with Crippen LogP contribution in [0.1, 0.15) is 19.8 Å². The van der Waals surface area contributed by atoms with Crippen molar-refractivity contribution < 1.29 is 9.53 Å². The van der Waals surface area contributed by atoms with Crippen LogP contribution in [0, 0.1) is 11.3 Å². The van der Waals surface area contributed by atoms with Crippen LogP contribution in [0.15, 0.2) is 12.2 Å². The van der Waals surface area contributed by atoms with E-state index in [0.717, 1.165) is 0 Å². The second-order valence-electron chi connectivity index (χ2n) is 1.85. The number of carbonyl (C=O) groups is 1. The fourth-order valence-electron chi connectivity index (χ4n) is 0.518. The minimum atomic E-state index is -0.342. The van der Waals surface area contributed by atoms with Crippen LogP contribution >= 0.6 is 0 Å². The second-order valence-corrected chi connectivity index (χ2v) is 1.85. The van der Waals surface area contributed by atoms with Crippen LogP contribution in [0.25, 0.3) is 0 Å². The van der Waals surface area contributed by atoms with E-state index < -0.39 is 0 Å². The summed E-state index contributed by atoms with van der Waals surface area (Å²) in [4.78, 5) is 10.6. The average Bonchev–Trinajstić information content (AvgIpc) is 1.99. The number of allylic oxidation sites excluding steroid dienone is 1. The van der Waals surface area contributed by atoms with Gasteiger partial charge >= 0.3 is 5.97 Å².